The average molecular weight is 322 g/mol. The largest absolute Gasteiger partial charge is 0.480 e. The smallest absolute Gasteiger partial charge is 0.408 e. The lowest BCUT2D eigenvalue weighted by atomic mass is 10.2. The molecule has 1 atom stereocenters. The van der Waals surface area contributed by atoms with Crippen molar-refractivity contribution in [1.29, 1.82) is 0 Å². The molecule has 0 saturated carbocycles. The summed E-state index contributed by atoms with van der Waals surface area (Å²) in [6.45, 7) is -1.22. The number of amides is 1. The average Bonchev–Trinajstić information content (AvgIpc) is 2.55. The summed E-state index contributed by atoms with van der Waals surface area (Å²) in [4.78, 5) is 36.0. The molecular formula is C13H14N4O6. The Labute approximate surface area is 130 Å². The highest BCUT2D eigenvalue weighted by Crippen LogP contribution is 2.01. The van der Waals surface area contributed by atoms with E-state index in [4.69, 9.17) is 15.4 Å². The van der Waals surface area contributed by atoms with Gasteiger partial charge in [-0.15, -0.1) is 0 Å². The second-order valence-corrected chi connectivity index (χ2v) is 4.17. The maximum Gasteiger partial charge on any atom is 0.408 e. The molecule has 0 aromatic heterocycles. The second-order valence-electron chi connectivity index (χ2n) is 4.17. The fourth-order valence-corrected chi connectivity index (χ4v) is 1.39. The molecule has 0 heterocycles. The number of esters is 1. The summed E-state index contributed by atoms with van der Waals surface area (Å²) in [5.41, 5.74) is 8.77. The third kappa shape index (κ3) is 7.34. The maximum absolute atomic E-state index is 11.5. The topological polar surface area (TPSA) is 151 Å². The molecule has 0 aliphatic heterocycles. The highest BCUT2D eigenvalue weighted by Gasteiger charge is 2.22. The molecular weight excluding hydrogens is 308 g/mol. The molecule has 0 unspecified atom stereocenters. The predicted molar refractivity (Wildman–Crippen MR) is 76.2 cm³/mol. The van der Waals surface area contributed by atoms with Gasteiger partial charge in [0.1, 0.15) is 19.8 Å². The molecule has 23 heavy (non-hydrogen) atoms. The summed E-state index contributed by atoms with van der Waals surface area (Å²) in [5, 5.41) is 14.0. The Kier molecular flexibility index (Phi) is 7.45. The Bertz CT molecular complexity index is 600. The third-order valence-electron chi connectivity index (χ3n) is 2.48. The van der Waals surface area contributed by atoms with Gasteiger partial charge in [0.05, 0.1) is 0 Å². The number of hydrogen-bond acceptors (Lipinski definition) is 6. The number of nitrogens with one attached hydrogen (secondary N) is 1. The van der Waals surface area contributed by atoms with E-state index in [9.17, 15) is 14.4 Å². The van der Waals surface area contributed by atoms with Crippen LogP contribution in [0.5, 0.6) is 0 Å². The normalized spacial score (nSPS) is 10.8. The van der Waals surface area contributed by atoms with E-state index in [-0.39, 0.29) is 6.61 Å². The van der Waals surface area contributed by atoms with Crippen molar-refractivity contribution in [3.63, 3.8) is 0 Å². The van der Waals surface area contributed by atoms with E-state index in [1.165, 1.54) is 0 Å². The quantitative estimate of drug-likeness (QED) is 0.318. The zero-order valence-electron chi connectivity index (χ0n) is 11.9. The molecule has 0 aliphatic carbocycles. The first-order valence-corrected chi connectivity index (χ1v) is 6.39. The third-order valence-corrected chi connectivity index (χ3v) is 2.48. The summed E-state index contributed by atoms with van der Waals surface area (Å²) in [6.07, 6.45) is -0.965. The summed E-state index contributed by atoms with van der Waals surface area (Å²) >= 11 is 0. The van der Waals surface area contributed by atoms with Gasteiger partial charge in [0.2, 0.25) is 0 Å². The minimum atomic E-state index is -1.48. The van der Waals surface area contributed by atoms with E-state index in [0.29, 0.717) is 0 Å². The highest BCUT2D eigenvalue weighted by atomic mass is 16.6. The van der Waals surface area contributed by atoms with E-state index in [0.717, 1.165) is 5.56 Å². The number of hydrogen-bond donors (Lipinski definition) is 2. The molecule has 0 spiro atoms. The van der Waals surface area contributed by atoms with Gasteiger partial charge >= 0.3 is 18.0 Å². The van der Waals surface area contributed by atoms with Crippen LogP contribution in [0.2, 0.25) is 0 Å². The van der Waals surface area contributed by atoms with Crippen LogP contribution >= 0.6 is 0 Å². The van der Waals surface area contributed by atoms with Gasteiger partial charge in [0.15, 0.2) is 6.04 Å². The molecule has 0 aliphatic rings. The number of rotatable bonds is 8. The number of carboxylic acid groups (broad SMARTS) is 1. The van der Waals surface area contributed by atoms with Gasteiger partial charge in [0, 0.05) is 4.91 Å². The molecule has 0 radical (unpaired) electrons. The first kappa shape index (κ1) is 17.8. The Morgan fingerprint density at radius 1 is 1.26 bits per heavy atom. The van der Waals surface area contributed by atoms with Crippen LogP contribution < -0.4 is 5.32 Å². The van der Waals surface area contributed by atoms with Crippen LogP contribution in [-0.4, -0.2) is 42.3 Å². The van der Waals surface area contributed by atoms with E-state index in [1.807, 2.05) is 0 Å². The molecule has 2 N–H and O–H groups in total. The van der Waals surface area contributed by atoms with Crippen molar-refractivity contribution >= 4 is 18.0 Å². The van der Waals surface area contributed by atoms with E-state index < -0.39 is 37.2 Å². The molecule has 1 amide bonds. The summed E-state index contributed by atoms with van der Waals surface area (Å²) in [5.74, 6) is -2.31. The van der Waals surface area contributed by atoms with Crippen LogP contribution in [-0.2, 0) is 25.7 Å². The van der Waals surface area contributed by atoms with Crippen LogP contribution in [0.1, 0.15) is 5.56 Å². The Morgan fingerprint density at radius 3 is 2.57 bits per heavy atom. The lowest BCUT2D eigenvalue weighted by molar-refractivity contribution is -0.147. The fraction of sp³-hybridized carbons (Fsp3) is 0.308. The van der Waals surface area contributed by atoms with E-state index in [2.05, 4.69) is 20.1 Å². The SMILES string of the molecule is [N-]=[N+]=NCC(=O)OC[C@H](NC(=O)OCc1ccccc1)C(=O)O. The van der Waals surface area contributed by atoms with Crippen molar-refractivity contribution in [1.82, 2.24) is 5.32 Å². The fourth-order valence-electron chi connectivity index (χ4n) is 1.39. The second kappa shape index (κ2) is 9.64. The van der Waals surface area contributed by atoms with E-state index >= 15 is 0 Å². The molecule has 0 bridgehead atoms. The first-order valence-electron chi connectivity index (χ1n) is 6.39. The van der Waals surface area contributed by atoms with Crippen LogP contribution in [0.15, 0.2) is 35.4 Å². The number of ether oxygens (including phenoxy) is 2. The number of carbonyl (C=O) groups is 3. The van der Waals surface area contributed by atoms with Crippen LogP contribution in [0.4, 0.5) is 4.79 Å². The number of azide groups is 1. The highest BCUT2D eigenvalue weighted by molar-refractivity contribution is 5.80. The standard InChI is InChI=1S/C13H14N4O6/c14-17-15-6-11(18)22-8-10(12(19)20)16-13(21)23-7-9-4-2-1-3-5-9/h1-5,10H,6-8H2,(H,16,21)(H,19,20)/t10-/m0/s1. The van der Waals surface area contributed by atoms with Crippen molar-refractivity contribution in [2.75, 3.05) is 13.2 Å². The number of aliphatic carboxylic acids is 1. The zero-order chi connectivity index (χ0) is 17.1. The van der Waals surface area contributed by atoms with Crippen LogP contribution in [0, 0.1) is 0 Å². The minimum Gasteiger partial charge on any atom is -0.480 e. The van der Waals surface area contributed by atoms with Gasteiger partial charge in [-0.25, -0.2) is 9.59 Å². The molecule has 1 aromatic carbocycles. The number of carboxylic acids is 1. The molecule has 0 saturated heterocycles. The Hall–Kier alpha value is -3.26. The van der Waals surface area contributed by atoms with Gasteiger partial charge in [-0.1, -0.05) is 35.4 Å². The van der Waals surface area contributed by atoms with Crippen LogP contribution in [0.3, 0.4) is 0 Å². The predicted octanol–water partition coefficient (Wildman–Crippen LogP) is 1.22. The van der Waals surface area contributed by atoms with Crippen molar-refractivity contribution in [3.05, 3.63) is 46.3 Å². The van der Waals surface area contributed by atoms with Gasteiger partial charge < -0.3 is 19.9 Å². The van der Waals surface area contributed by atoms with Crippen molar-refractivity contribution in [2.45, 2.75) is 12.6 Å². The van der Waals surface area contributed by atoms with E-state index in [1.54, 1.807) is 30.3 Å². The summed E-state index contributed by atoms with van der Waals surface area (Å²) < 4.78 is 9.44. The number of benzene rings is 1. The van der Waals surface area contributed by atoms with Gasteiger partial charge in [0.25, 0.3) is 0 Å². The van der Waals surface area contributed by atoms with Crippen molar-refractivity contribution in [3.8, 4) is 0 Å². The maximum atomic E-state index is 11.5. The monoisotopic (exact) mass is 322 g/mol. The lowest BCUT2D eigenvalue weighted by Crippen LogP contribution is -2.44. The minimum absolute atomic E-state index is 0.0321. The van der Waals surface area contributed by atoms with Gasteiger partial charge in [-0.2, -0.15) is 0 Å². The van der Waals surface area contributed by atoms with Crippen molar-refractivity contribution < 1.29 is 29.0 Å². The summed E-state index contributed by atoms with van der Waals surface area (Å²) in [7, 11) is 0. The molecule has 1 rings (SSSR count). The number of carbonyl (C=O) groups excluding carboxylic acids is 2. The molecule has 122 valence electrons. The summed E-state index contributed by atoms with van der Waals surface area (Å²) in [6, 6.07) is 7.32. The van der Waals surface area contributed by atoms with Gasteiger partial charge in [-0.05, 0) is 11.1 Å². The Balaban J connectivity index is 2.42. The number of alkyl carbamates (subject to hydrolysis) is 1. The van der Waals surface area contributed by atoms with Gasteiger partial charge in [-0.3, -0.25) is 4.79 Å². The van der Waals surface area contributed by atoms with Crippen LogP contribution in [0.25, 0.3) is 10.4 Å². The number of nitrogens with zero attached hydrogens (tertiary/aromatic N) is 3. The van der Waals surface area contributed by atoms with Crippen molar-refractivity contribution in [2.24, 2.45) is 5.11 Å². The molecule has 10 heteroatoms. The molecule has 10 nitrogen and oxygen atoms in total. The molecule has 1 aromatic rings. The molecule has 0 fully saturated rings. The Morgan fingerprint density at radius 2 is 1.96 bits per heavy atom. The lowest BCUT2D eigenvalue weighted by Gasteiger charge is -2.14. The first-order chi connectivity index (χ1) is 11.0. The zero-order valence-corrected chi connectivity index (χ0v) is 11.9.